The highest BCUT2D eigenvalue weighted by atomic mass is 35.5. The van der Waals surface area contributed by atoms with E-state index in [1.165, 1.54) is 0 Å². The molecule has 0 spiro atoms. The predicted molar refractivity (Wildman–Crippen MR) is 64.9 cm³/mol. The van der Waals surface area contributed by atoms with Crippen molar-refractivity contribution in [1.29, 1.82) is 0 Å². The number of halogens is 2. The van der Waals surface area contributed by atoms with Gasteiger partial charge in [-0.25, -0.2) is 4.68 Å². The second kappa shape index (κ2) is 4.77. The number of aromatic nitrogens is 2. The fourth-order valence-electron chi connectivity index (χ4n) is 1.49. The van der Waals surface area contributed by atoms with Crippen molar-refractivity contribution in [3.05, 3.63) is 46.2 Å². The van der Waals surface area contributed by atoms with Crippen LogP contribution in [0.25, 0.3) is 5.69 Å². The van der Waals surface area contributed by atoms with Gasteiger partial charge in [-0.05, 0) is 18.2 Å². The third-order valence-electron chi connectivity index (χ3n) is 2.24. The number of carbonyl (C=O) groups is 1. The van der Waals surface area contributed by atoms with E-state index in [2.05, 4.69) is 5.10 Å². The number of nitrogens with zero attached hydrogens (tertiary/aromatic N) is 2. The lowest BCUT2D eigenvalue weighted by Gasteiger charge is -2.10. The lowest BCUT2D eigenvalue weighted by atomic mass is 10.1. The molecule has 1 aromatic carbocycles. The zero-order valence-corrected chi connectivity index (χ0v) is 10.1. The lowest BCUT2D eigenvalue weighted by molar-refractivity contribution is -0.136. The zero-order chi connectivity index (χ0) is 12.4. The number of hydrogen-bond donors (Lipinski definition) is 1. The third-order valence-corrected chi connectivity index (χ3v) is 3.02. The number of carboxylic acids is 1. The van der Waals surface area contributed by atoms with Gasteiger partial charge in [0.25, 0.3) is 0 Å². The number of benzene rings is 1. The maximum Gasteiger partial charge on any atom is 0.307 e. The summed E-state index contributed by atoms with van der Waals surface area (Å²) in [7, 11) is 0. The summed E-state index contributed by atoms with van der Waals surface area (Å²) in [6.45, 7) is 0. The molecule has 0 aliphatic heterocycles. The molecule has 0 saturated carbocycles. The number of hydrogen-bond acceptors (Lipinski definition) is 2. The molecule has 4 nitrogen and oxygen atoms in total. The number of aliphatic carboxylic acids is 1. The molecule has 88 valence electrons. The highest BCUT2D eigenvalue weighted by Crippen LogP contribution is 2.30. The van der Waals surface area contributed by atoms with Crippen molar-refractivity contribution in [2.24, 2.45) is 0 Å². The van der Waals surface area contributed by atoms with Crippen LogP contribution in [-0.2, 0) is 11.2 Å². The topological polar surface area (TPSA) is 55.1 Å². The molecule has 0 unspecified atom stereocenters. The van der Waals surface area contributed by atoms with Gasteiger partial charge in [0.05, 0.1) is 17.1 Å². The molecule has 0 bridgehead atoms. The molecule has 0 aliphatic carbocycles. The van der Waals surface area contributed by atoms with Crippen LogP contribution < -0.4 is 0 Å². The van der Waals surface area contributed by atoms with Gasteiger partial charge in [0.1, 0.15) is 0 Å². The molecular weight excluding hydrogens is 263 g/mol. The van der Waals surface area contributed by atoms with Gasteiger partial charge in [-0.1, -0.05) is 23.2 Å². The van der Waals surface area contributed by atoms with E-state index in [-0.39, 0.29) is 6.42 Å². The molecule has 1 heterocycles. The van der Waals surface area contributed by atoms with Crippen LogP contribution in [-0.4, -0.2) is 20.9 Å². The van der Waals surface area contributed by atoms with E-state index in [0.29, 0.717) is 21.3 Å². The van der Waals surface area contributed by atoms with Gasteiger partial charge >= 0.3 is 5.97 Å². The van der Waals surface area contributed by atoms with Crippen molar-refractivity contribution < 1.29 is 9.90 Å². The van der Waals surface area contributed by atoms with Crippen molar-refractivity contribution in [2.45, 2.75) is 6.42 Å². The van der Waals surface area contributed by atoms with Crippen molar-refractivity contribution in [1.82, 2.24) is 9.78 Å². The molecule has 0 atom stereocenters. The minimum atomic E-state index is -0.980. The first-order valence-electron chi connectivity index (χ1n) is 4.78. The van der Waals surface area contributed by atoms with Crippen molar-refractivity contribution >= 4 is 29.2 Å². The third kappa shape index (κ3) is 2.43. The second-order valence-corrected chi connectivity index (χ2v) is 4.17. The first kappa shape index (κ1) is 12.0. The van der Waals surface area contributed by atoms with Gasteiger partial charge in [0.15, 0.2) is 0 Å². The van der Waals surface area contributed by atoms with Gasteiger partial charge in [0.2, 0.25) is 0 Å². The summed E-state index contributed by atoms with van der Waals surface area (Å²) in [5.41, 5.74) is 1.01. The highest BCUT2D eigenvalue weighted by Gasteiger charge is 2.14. The van der Waals surface area contributed by atoms with Crippen molar-refractivity contribution in [3.63, 3.8) is 0 Å². The predicted octanol–water partition coefficient (Wildman–Crippen LogP) is 2.81. The van der Waals surface area contributed by atoms with Crippen LogP contribution in [0.5, 0.6) is 0 Å². The van der Waals surface area contributed by atoms with E-state index in [1.807, 2.05) is 0 Å². The molecular formula is C11H8Cl2N2O2. The standard InChI is InChI=1S/C11H8Cl2N2O2/c12-8-2-3-9(15-5-1-4-14-15)11(13)7(8)6-10(16)17/h1-5H,6H2,(H,16,17). The quantitative estimate of drug-likeness (QED) is 0.933. The molecule has 0 amide bonds. The average Bonchev–Trinajstić information content (AvgIpc) is 2.77. The van der Waals surface area contributed by atoms with Crippen LogP contribution in [0.2, 0.25) is 10.0 Å². The average molecular weight is 271 g/mol. The fraction of sp³-hybridized carbons (Fsp3) is 0.0909. The van der Waals surface area contributed by atoms with E-state index >= 15 is 0 Å². The lowest BCUT2D eigenvalue weighted by Crippen LogP contribution is -2.04. The van der Waals surface area contributed by atoms with E-state index in [9.17, 15) is 4.79 Å². The largest absolute Gasteiger partial charge is 0.481 e. The summed E-state index contributed by atoms with van der Waals surface area (Å²) in [5.74, 6) is -0.980. The van der Waals surface area contributed by atoms with E-state index < -0.39 is 5.97 Å². The van der Waals surface area contributed by atoms with Gasteiger partial charge in [-0.3, -0.25) is 4.79 Å². The molecule has 17 heavy (non-hydrogen) atoms. The van der Waals surface area contributed by atoms with Crippen LogP contribution >= 0.6 is 23.2 Å². The summed E-state index contributed by atoms with van der Waals surface area (Å²) < 4.78 is 1.56. The second-order valence-electron chi connectivity index (χ2n) is 3.38. The molecule has 0 fully saturated rings. The van der Waals surface area contributed by atoms with Gasteiger partial charge < -0.3 is 5.11 Å². The summed E-state index contributed by atoms with van der Waals surface area (Å²) in [6.07, 6.45) is 3.12. The molecule has 0 saturated heterocycles. The molecule has 1 aromatic heterocycles. The van der Waals surface area contributed by atoms with Crippen LogP contribution in [0.1, 0.15) is 5.56 Å². The van der Waals surface area contributed by atoms with Crippen LogP contribution in [0, 0.1) is 0 Å². The number of carboxylic acid groups (broad SMARTS) is 1. The van der Waals surface area contributed by atoms with Crippen molar-refractivity contribution in [2.75, 3.05) is 0 Å². The monoisotopic (exact) mass is 270 g/mol. The summed E-state index contributed by atoms with van der Waals surface area (Å²) in [4.78, 5) is 10.7. The van der Waals surface area contributed by atoms with Gasteiger partial charge in [-0.2, -0.15) is 5.10 Å². The Labute approximate surface area is 107 Å². The normalized spacial score (nSPS) is 10.5. The van der Waals surface area contributed by atoms with E-state index in [4.69, 9.17) is 28.3 Å². The maximum atomic E-state index is 10.7. The Kier molecular flexibility index (Phi) is 3.36. The molecule has 2 aromatic rings. The Bertz CT molecular complexity index is 553. The van der Waals surface area contributed by atoms with Crippen LogP contribution in [0.15, 0.2) is 30.6 Å². The molecule has 0 radical (unpaired) electrons. The molecule has 2 rings (SSSR count). The summed E-state index contributed by atoms with van der Waals surface area (Å²) in [5, 5.41) is 13.5. The SMILES string of the molecule is O=C(O)Cc1c(Cl)ccc(-n2cccn2)c1Cl. The summed E-state index contributed by atoms with van der Waals surface area (Å²) in [6, 6.07) is 5.06. The zero-order valence-electron chi connectivity index (χ0n) is 8.60. The smallest absolute Gasteiger partial charge is 0.307 e. The van der Waals surface area contributed by atoms with E-state index in [1.54, 1.807) is 35.3 Å². The van der Waals surface area contributed by atoms with Gasteiger partial charge in [-0.15, -0.1) is 0 Å². The Morgan fingerprint density at radius 2 is 2.18 bits per heavy atom. The van der Waals surface area contributed by atoms with Gasteiger partial charge in [0, 0.05) is 23.0 Å². The molecule has 6 heteroatoms. The minimum absolute atomic E-state index is 0.216. The Hall–Kier alpha value is -1.52. The Morgan fingerprint density at radius 3 is 2.76 bits per heavy atom. The first-order chi connectivity index (χ1) is 8.09. The summed E-state index contributed by atoms with van der Waals surface area (Å²) >= 11 is 12.1. The Balaban J connectivity index is 2.53. The minimum Gasteiger partial charge on any atom is -0.481 e. The number of rotatable bonds is 3. The molecule has 1 N–H and O–H groups in total. The molecule has 0 aliphatic rings. The van der Waals surface area contributed by atoms with Crippen molar-refractivity contribution in [3.8, 4) is 5.69 Å². The Morgan fingerprint density at radius 1 is 1.41 bits per heavy atom. The highest BCUT2D eigenvalue weighted by molar-refractivity contribution is 6.37. The van der Waals surface area contributed by atoms with E-state index in [0.717, 1.165) is 0 Å². The first-order valence-corrected chi connectivity index (χ1v) is 5.54. The van der Waals surface area contributed by atoms with Crippen LogP contribution in [0.4, 0.5) is 0 Å². The fourth-order valence-corrected chi connectivity index (χ4v) is 2.08. The maximum absolute atomic E-state index is 10.7. The van der Waals surface area contributed by atoms with Crippen LogP contribution in [0.3, 0.4) is 0 Å².